The Labute approximate surface area is 130 Å². The molecule has 118 valence electrons. The zero-order chi connectivity index (χ0) is 16.9. The van der Waals surface area contributed by atoms with E-state index < -0.39 is 5.97 Å². The largest absolute Gasteiger partial charge is 0.506 e. The average Bonchev–Trinajstić information content (AvgIpc) is 2.47. The minimum atomic E-state index is -0.842. The number of carboxylic acid groups (broad SMARTS) is 1. The van der Waals surface area contributed by atoms with Crippen LogP contribution >= 0.6 is 0 Å². The van der Waals surface area contributed by atoms with Crippen LogP contribution in [0.3, 0.4) is 0 Å². The van der Waals surface area contributed by atoms with Crippen LogP contribution < -0.4 is 4.74 Å². The number of carbonyl (C=O) groups is 1. The molecule has 0 heterocycles. The van der Waals surface area contributed by atoms with Crippen LogP contribution in [0.15, 0.2) is 11.6 Å². The Kier molecular flexibility index (Phi) is 6.00. The molecular weight excluding hydrogens is 282 g/mol. The van der Waals surface area contributed by atoms with E-state index in [1.54, 1.807) is 6.92 Å². The number of benzene rings is 1. The molecule has 0 radical (unpaired) electrons. The molecule has 0 saturated carbocycles. The van der Waals surface area contributed by atoms with Crippen molar-refractivity contribution in [3.63, 3.8) is 0 Å². The van der Waals surface area contributed by atoms with Gasteiger partial charge in [0.15, 0.2) is 0 Å². The molecule has 0 aromatic heterocycles. The second kappa shape index (κ2) is 7.51. The van der Waals surface area contributed by atoms with E-state index in [9.17, 15) is 15.2 Å². The summed E-state index contributed by atoms with van der Waals surface area (Å²) >= 11 is 0. The van der Waals surface area contributed by atoms with Crippen molar-refractivity contribution in [1.82, 2.24) is 0 Å². The van der Waals surface area contributed by atoms with Gasteiger partial charge in [0.25, 0.3) is 0 Å². The van der Waals surface area contributed by atoms with Crippen LogP contribution in [0, 0.1) is 25.2 Å². The van der Waals surface area contributed by atoms with Crippen LogP contribution in [0.1, 0.15) is 42.0 Å². The van der Waals surface area contributed by atoms with Crippen LogP contribution in [0.2, 0.25) is 0 Å². The molecule has 0 aliphatic heterocycles. The van der Waals surface area contributed by atoms with Crippen molar-refractivity contribution >= 4 is 5.97 Å². The molecule has 5 heteroatoms. The number of rotatable bonds is 6. The fraction of sp³-hybridized carbons (Fsp3) is 0.412. The Bertz CT molecular complexity index is 650. The quantitative estimate of drug-likeness (QED) is 0.787. The smallest absolute Gasteiger partial charge is 0.303 e. The summed E-state index contributed by atoms with van der Waals surface area (Å²) in [6, 6.07) is 2.02. The monoisotopic (exact) mass is 303 g/mol. The van der Waals surface area contributed by atoms with Gasteiger partial charge in [-0.2, -0.15) is 5.26 Å². The number of aliphatic carboxylic acids is 1. The highest BCUT2D eigenvalue weighted by Crippen LogP contribution is 2.38. The molecule has 0 atom stereocenters. The maximum absolute atomic E-state index is 10.6. The molecule has 1 aromatic rings. The van der Waals surface area contributed by atoms with E-state index in [4.69, 9.17) is 9.84 Å². The third-order valence-electron chi connectivity index (χ3n) is 3.78. The number of ether oxygens (including phenoxy) is 1. The Balaban J connectivity index is 3.19. The molecule has 0 amide bonds. The third kappa shape index (κ3) is 3.79. The first-order valence-corrected chi connectivity index (χ1v) is 6.99. The van der Waals surface area contributed by atoms with Gasteiger partial charge in [-0.3, -0.25) is 4.79 Å². The standard InChI is InChI=1S/C17H21NO4/c1-10(6-8-15(19)20)5-7-13-16(21)14(9-18)11(2)12(3)17(13)22-4/h5,21H,6-8H2,1-4H3,(H,19,20)/b10-5+. The van der Waals surface area contributed by atoms with Crippen LogP contribution in [-0.2, 0) is 11.2 Å². The number of nitrogens with zero attached hydrogens (tertiary/aromatic N) is 1. The van der Waals surface area contributed by atoms with Gasteiger partial charge < -0.3 is 14.9 Å². The number of carboxylic acids is 1. The average molecular weight is 303 g/mol. The minimum absolute atomic E-state index is 0.0651. The fourth-order valence-corrected chi connectivity index (χ4v) is 2.31. The van der Waals surface area contributed by atoms with Crippen molar-refractivity contribution in [2.24, 2.45) is 0 Å². The molecule has 1 aromatic carbocycles. The normalized spacial score (nSPS) is 11.1. The zero-order valence-electron chi connectivity index (χ0n) is 13.4. The van der Waals surface area contributed by atoms with Gasteiger partial charge in [-0.05, 0) is 44.7 Å². The second-order valence-electron chi connectivity index (χ2n) is 5.25. The molecule has 0 aliphatic carbocycles. The molecule has 2 N–H and O–H groups in total. The summed E-state index contributed by atoms with van der Waals surface area (Å²) in [4.78, 5) is 10.6. The van der Waals surface area contributed by atoms with Gasteiger partial charge in [0.05, 0.1) is 12.7 Å². The highest BCUT2D eigenvalue weighted by Gasteiger charge is 2.19. The van der Waals surface area contributed by atoms with E-state index >= 15 is 0 Å². The van der Waals surface area contributed by atoms with Crippen LogP contribution in [0.5, 0.6) is 11.5 Å². The number of hydrogen-bond donors (Lipinski definition) is 2. The molecule has 0 bridgehead atoms. The van der Waals surface area contributed by atoms with E-state index in [2.05, 4.69) is 0 Å². The number of hydrogen-bond acceptors (Lipinski definition) is 4. The highest BCUT2D eigenvalue weighted by atomic mass is 16.5. The lowest BCUT2D eigenvalue weighted by Crippen LogP contribution is -2.01. The van der Waals surface area contributed by atoms with E-state index in [0.717, 1.165) is 11.1 Å². The van der Waals surface area contributed by atoms with Gasteiger partial charge in [-0.1, -0.05) is 11.6 Å². The van der Waals surface area contributed by atoms with E-state index in [-0.39, 0.29) is 17.7 Å². The Morgan fingerprint density at radius 3 is 2.45 bits per heavy atom. The van der Waals surface area contributed by atoms with Gasteiger partial charge in [-0.15, -0.1) is 0 Å². The minimum Gasteiger partial charge on any atom is -0.506 e. The van der Waals surface area contributed by atoms with Crippen molar-refractivity contribution < 1.29 is 19.7 Å². The Morgan fingerprint density at radius 2 is 1.95 bits per heavy atom. The summed E-state index contributed by atoms with van der Waals surface area (Å²) in [5.74, 6) is -0.341. The third-order valence-corrected chi connectivity index (χ3v) is 3.78. The van der Waals surface area contributed by atoms with E-state index in [1.807, 2.05) is 26.0 Å². The summed E-state index contributed by atoms with van der Waals surface area (Å²) in [6.45, 7) is 5.46. The molecule has 0 saturated heterocycles. The van der Waals surface area contributed by atoms with Crippen LogP contribution in [-0.4, -0.2) is 23.3 Å². The van der Waals surface area contributed by atoms with Crippen molar-refractivity contribution in [3.05, 3.63) is 33.9 Å². The molecule has 22 heavy (non-hydrogen) atoms. The lowest BCUT2D eigenvalue weighted by Gasteiger charge is -2.16. The van der Waals surface area contributed by atoms with E-state index in [0.29, 0.717) is 29.7 Å². The Hall–Kier alpha value is -2.48. The van der Waals surface area contributed by atoms with Crippen molar-refractivity contribution in [3.8, 4) is 17.6 Å². The maximum Gasteiger partial charge on any atom is 0.303 e. The van der Waals surface area contributed by atoms with Gasteiger partial charge in [0.2, 0.25) is 0 Å². The van der Waals surface area contributed by atoms with Gasteiger partial charge in [-0.25, -0.2) is 0 Å². The Morgan fingerprint density at radius 1 is 1.32 bits per heavy atom. The van der Waals surface area contributed by atoms with Crippen molar-refractivity contribution in [2.75, 3.05) is 7.11 Å². The molecular formula is C17H21NO4. The molecule has 0 spiro atoms. The first-order chi connectivity index (χ1) is 10.3. The number of methoxy groups -OCH3 is 1. The summed E-state index contributed by atoms with van der Waals surface area (Å²) in [5.41, 5.74) is 3.25. The molecule has 0 unspecified atom stereocenters. The van der Waals surface area contributed by atoms with Crippen molar-refractivity contribution in [2.45, 2.75) is 40.0 Å². The van der Waals surface area contributed by atoms with Gasteiger partial charge in [0, 0.05) is 12.0 Å². The lowest BCUT2D eigenvalue weighted by molar-refractivity contribution is -0.136. The van der Waals surface area contributed by atoms with Gasteiger partial charge >= 0.3 is 5.97 Å². The SMILES string of the molecule is COc1c(C)c(C)c(C#N)c(O)c1C/C=C(\C)CCC(=O)O. The summed E-state index contributed by atoms with van der Waals surface area (Å²) < 4.78 is 5.37. The van der Waals surface area contributed by atoms with E-state index in [1.165, 1.54) is 7.11 Å². The predicted molar refractivity (Wildman–Crippen MR) is 83.2 cm³/mol. The number of allylic oxidation sites excluding steroid dienone is 2. The lowest BCUT2D eigenvalue weighted by atomic mass is 9.94. The summed E-state index contributed by atoms with van der Waals surface area (Å²) in [5, 5.41) is 28.2. The van der Waals surface area contributed by atoms with Crippen molar-refractivity contribution in [1.29, 1.82) is 5.26 Å². The molecule has 0 aliphatic rings. The zero-order valence-corrected chi connectivity index (χ0v) is 13.4. The maximum atomic E-state index is 10.6. The summed E-state index contributed by atoms with van der Waals surface area (Å²) in [7, 11) is 1.53. The number of nitriles is 1. The summed E-state index contributed by atoms with van der Waals surface area (Å²) in [6.07, 6.45) is 2.77. The number of phenolic OH excluding ortho intramolecular Hbond substituents is 1. The fourth-order valence-electron chi connectivity index (χ4n) is 2.31. The molecule has 1 rings (SSSR count). The van der Waals surface area contributed by atoms with Gasteiger partial charge in [0.1, 0.15) is 17.6 Å². The van der Waals surface area contributed by atoms with Crippen LogP contribution in [0.4, 0.5) is 0 Å². The number of phenols is 1. The molecule has 0 fully saturated rings. The predicted octanol–water partition coefficient (Wildman–Crippen LogP) is 3.24. The molecule has 5 nitrogen and oxygen atoms in total. The topological polar surface area (TPSA) is 90.5 Å². The second-order valence-corrected chi connectivity index (χ2v) is 5.25. The first-order valence-electron chi connectivity index (χ1n) is 6.99. The number of aromatic hydroxyl groups is 1. The first kappa shape index (κ1) is 17.6. The highest BCUT2D eigenvalue weighted by molar-refractivity contribution is 5.67. The van der Waals surface area contributed by atoms with Crippen LogP contribution in [0.25, 0.3) is 0 Å².